The van der Waals surface area contributed by atoms with Crippen molar-refractivity contribution < 1.29 is 14.6 Å². The van der Waals surface area contributed by atoms with Gasteiger partial charge in [-0.15, -0.1) is 0 Å². The van der Waals surface area contributed by atoms with E-state index in [0.29, 0.717) is 31.7 Å². The second-order valence-corrected chi connectivity index (χ2v) is 12.1. The number of carbonyl (C=O) groups is 1. The van der Waals surface area contributed by atoms with E-state index in [1.165, 1.54) is 22.3 Å². The Balaban J connectivity index is 1.32. The molecule has 212 valence electrons. The maximum absolute atomic E-state index is 14.1. The number of hydrogen-bond acceptors (Lipinski definition) is 3. The molecular formula is C38H37NO3. The summed E-state index contributed by atoms with van der Waals surface area (Å²) in [7, 11) is 1.67. The fourth-order valence-corrected chi connectivity index (χ4v) is 8.24. The lowest BCUT2D eigenvalue weighted by atomic mass is 9.52. The number of amides is 1. The van der Waals surface area contributed by atoms with E-state index in [1.807, 2.05) is 35.2 Å². The fourth-order valence-electron chi connectivity index (χ4n) is 8.24. The number of ether oxygens (including phenoxy) is 1. The van der Waals surface area contributed by atoms with E-state index in [2.05, 4.69) is 84.9 Å². The van der Waals surface area contributed by atoms with Crippen LogP contribution < -0.4 is 4.74 Å². The Labute approximate surface area is 248 Å². The molecule has 4 aromatic carbocycles. The van der Waals surface area contributed by atoms with Crippen LogP contribution >= 0.6 is 0 Å². The molecule has 1 aliphatic heterocycles. The van der Waals surface area contributed by atoms with E-state index in [-0.39, 0.29) is 23.2 Å². The molecule has 7 rings (SSSR count). The van der Waals surface area contributed by atoms with Crippen molar-refractivity contribution in [3.8, 4) is 5.75 Å². The largest absolute Gasteiger partial charge is 0.496 e. The van der Waals surface area contributed by atoms with Crippen LogP contribution in [0.2, 0.25) is 0 Å². The number of allylic oxidation sites excluding steroid dienone is 1. The van der Waals surface area contributed by atoms with Crippen molar-refractivity contribution >= 4 is 11.5 Å². The Bertz CT molecular complexity index is 1590. The molecular weight excluding hydrogens is 518 g/mol. The topological polar surface area (TPSA) is 49.8 Å². The zero-order chi connectivity index (χ0) is 28.7. The van der Waals surface area contributed by atoms with Crippen LogP contribution in [0.25, 0.3) is 5.57 Å². The van der Waals surface area contributed by atoms with Crippen molar-refractivity contribution in [2.45, 2.75) is 36.7 Å². The van der Waals surface area contributed by atoms with Crippen LogP contribution in [-0.4, -0.2) is 36.1 Å². The van der Waals surface area contributed by atoms with Gasteiger partial charge in [-0.25, -0.2) is 0 Å². The van der Waals surface area contributed by atoms with Gasteiger partial charge in [0.05, 0.1) is 19.1 Å². The molecule has 0 radical (unpaired) electrons. The van der Waals surface area contributed by atoms with Crippen LogP contribution in [0.15, 0.2) is 115 Å². The number of hydrogen-bond donors (Lipinski definition) is 1. The minimum absolute atomic E-state index is 0.0137. The van der Waals surface area contributed by atoms with Gasteiger partial charge in [-0.05, 0) is 59.1 Å². The first kappa shape index (κ1) is 26.7. The summed E-state index contributed by atoms with van der Waals surface area (Å²) in [6.07, 6.45) is 4.79. The molecule has 3 atom stereocenters. The van der Waals surface area contributed by atoms with E-state index in [0.717, 1.165) is 24.0 Å². The number of rotatable bonds is 6. The molecule has 1 saturated carbocycles. The molecule has 2 aliphatic carbocycles. The first-order valence-electron chi connectivity index (χ1n) is 15.1. The summed E-state index contributed by atoms with van der Waals surface area (Å²) < 4.78 is 5.78. The summed E-state index contributed by atoms with van der Waals surface area (Å²) in [4.78, 5) is 16.1. The quantitative estimate of drug-likeness (QED) is 0.286. The second kappa shape index (κ2) is 10.6. The van der Waals surface area contributed by atoms with Crippen LogP contribution in [0.3, 0.4) is 0 Å². The molecule has 0 spiro atoms. The minimum Gasteiger partial charge on any atom is -0.496 e. The number of benzene rings is 4. The molecule has 1 heterocycles. The van der Waals surface area contributed by atoms with Gasteiger partial charge in [0, 0.05) is 30.0 Å². The van der Waals surface area contributed by atoms with Gasteiger partial charge in [0.1, 0.15) is 5.75 Å². The van der Waals surface area contributed by atoms with Crippen molar-refractivity contribution in [1.29, 1.82) is 0 Å². The zero-order valence-electron chi connectivity index (χ0n) is 24.1. The molecule has 0 unspecified atom stereocenters. The van der Waals surface area contributed by atoms with Crippen LogP contribution in [0.4, 0.5) is 0 Å². The van der Waals surface area contributed by atoms with Crippen LogP contribution in [0, 0.1) is 11.8 Å². The lowest BCUT2D eigenvalue weighted by Gasteiger charge is -2.53. The number of para-hydroxylation sites is 1. The molecule has 1 amide bonds. The summed E-state index contributed by atoms with van der Waals surface area (Å²) >= 11 is 0. The second-order valence-electron chi connectivity index (χ2n) is 12.1. The molecule has 3 aliphatic rings. The zero-order valence-corrected chi connectivity index (χ0v) is 24.1. The Kier molecular flexibility index (Phi) is 6.74. The highest BCUT2D eigenvalue weighted by atomic mass is 16.5. The Morgan fingerprint density at radius 1 is 0.810 bits per heavy atom. The smallest absolute Gasteiger partial charge is 0.227 e. The highest BCUT2D eigenvalue weighted by Gasteiger charge is 2.61. The van der Waals surface area contributed by atoms with Crippen molar-refractivity contribution in [3.05, 3.63) is 143 Å². The summed E-state index contributed by atoms with van der Waals surface area (Å²) in [5.41, 5.74) is 5.43. The number of aliphatic hydroxyl groups is 1. The van der Waals surface area contributed by atoms with Crippen molar-refractivity contribution in [3.63, 3.8) is 0 Å². The molecule has 2 fully saturated rings. The number of fused-ring (bicyclic) bond motifs is 2. The van der Waals surface area contributed by atoms with Crippen LogP contribution in [0.5, 0.6) is 5.75 Å². The number of likely N-dealkylation sites (tertiary alicyclic amines) is 1. The first-order chi connectivity index (χ1) is 20.5. The SMILES string of the molecule is COc1ccccc1[C@]1(O)CCC(c2ccccc2)(c2ccccc2)[C@H]2CN(C(=O)CC3=CCc4ccccc43)C[C@H]21. The molecule has 0 aromatic heterocycles. The van der Waals surface area contributed by atoms with Crippen molar-refractivity contribution in [1.82, 2.24) is 4.90 Å². The van der Waals surface area contributed by atoms with Gasteiger partial charge in [0.15, 0.2) is 0 Å². The van der Waals surface area contributed by atoms with E-state index in [1.54, 1.807) is 7.11 Å². The van der Waals surface area contributed by atoms with Gasteiger partial charge in [-0.1, -0.05) is 109 Å². The van der Waals surface area contributed by atoms with Gasteiger partial charge in [0.2, 0.25) is 5.91 Å². The van der Waals surface area contributed by atoms with Crippen molar-refractivity contribution in [2.75, 3.05) is 20.2 Å². The Hall–Kier alpha value is -4.15. The highest BCUT2D eigenvalue weighted by Crippen LogP contribution is 2.60. The predicted octanol–water partition coefficient (Wildman–Crippen LogP) is 6.77. The predicted molar refractivity (Wildman–Crippen MR) is 166 cm³/mol. The maximum atomic E-state index is 14.1. The summed E-state index contributed by atoms with van der Waals surface area (Å²) in [6.45, 7) is 1.11. The van der Waals surface area contributed by atoms with E-state index >= 15 is 0 Å². The van der Waals surface area contributed by atoms with E-state index in [9.17, 15) is 9.90 Å². The van der Waals surface area contributed by atoms with Crippen LogP contribution in [0.1, 0.15) is 47.1 Å². The monoisotopic (exact) mass is 555 g/mol. The summed E-state index contributed by atoms with van der Waals surface area (Å²) in [6, 6.07) is 37.7. The van der Waals surface area contributed by atoms with E-state index in [4.69, 9.17) is 4.74 Å². The maximum Gasteiger partial charge on any atom is 0.227 e. The average Bonchev–Trinajstić information content (AvgIpc) is 3.69. The molecule has 1 N–H and O–H groups in total. The highest BCUT2D eigenvalue weighted by molar-refractivity contribution is 5.91. The van der Waals surface area contributed by atoms with Gasteiger partial charge in [-0.3, -0.25) is 4.79 Å². The lowest BCUT2D eigenvalue weighted by Crippen LogP contribution is -2.53. The molecule has 1 saturated heterocycles. The minimum atomic E-state index is -1.13. The molecule has 4 heteroatoms. The lowest BCUT2D eigenvalue weighted by molar-refractivity contribution is -0.129. The third-order valence-corrected chi connectivity index (χ3v) is 10.2. The van der Waals surface area contributed by atoms with Gasteiger partial charge in [0.25, 0.3) is 0 Å². The molecule has 4 aromatic rings. The Morgan fingerprint density at radius 2 is 1.43 bits per heavy atom. The number of carbonyl (C=O) groups excluding carboxylic acids is 1. The fraction of sp³-hybridized carbons (Fsp3) is 0.289. The average molecular weight is 556 g/mol. The van der Waals surface area contributed by atoms with Crippen molar-refractivity contribution in [2.24, 2.45) is 11.8 Å². The van der Waals surface area contributed by atoms with Crippen LogP contribution in [-0.2, 0) is 22.2 Å². The van der Waals surface area contributed by atoms with Gasteiger partial charge >= 0.3 is 0 Å². The molecule has 0 bridgehead atoms. The normalized spacial score (nSPS) is 24.0. The molecule has 4 nitrogen and oxygen atoms in total. The number of methoxy groups -OCH3 is 1. The number of nitrogens with zero attached hydrogens (tertiary/aromatic N) is 1. The standard InChI is InChI=1S/C38H37NO3/c1-42-35-19-11-10-18-32(35)38(41)23-22-37(29-13-4-2-5-14-29,30-15-6-3-7-16-30)33-25-39(26-34(33)38)36(40)24-28-21-20-27-12-8-9-17-31(27)28/h2-19,21,33-34,41H,20,22-26H2,1H3/t33-,34+,38+/m0/s1. The first-order valence-corrected chi connectivity index (χ1v) is 15.1. The third kappa shape index (κ3) is 4.20. The van der Waals surface area contributed by atoms with E-state index < -0.39 is 5.60 Å². The summed E-state index contributed by atoms with van der Waals surface area (Å²) in [5, 5.41) is 12.7. The summed E-state index contributed by atoms with van der Waals surface area (Å²) in [5.74, 6) is 0.671. The third-order valence-electron chi connectivity index (χ3n) is 10.2. The van der Waals surface area contributed by atoms with Gasteiger partial charge in [-0.2, -0.15) is 0 Å². The molecule has 42 heavy (non-hydrogen) atoms. The Morgan fingerprint density at radius 3 is 2.14 bits per heavy atom. The van der Waals surface area contributed by atoms with Gasteiger partial charge < -0.3 is 14.7 Å².